The van der Waals surface area contributed by atoms with Crippen LogP contribution in [0.3, 0.4) is 0 Å². The van der Waals surface area contributed by atoms with E-state index in [9.17, 15) is 4.79 Å². The summed E-state index contributed by atoms with van der Waals surface area (Å²) in [5, 5.41) is 0. The normalized spacial score (nSPS) is 15.1. The van der Waals surface area contributed by atoms with Gasteiger partial charge in [0.1, 0.15) is 0 Å². The quantitative estimate of drug-likeness (QED) is 0.490. The van der Waals surface area contributed by atoms with Gasteiger partial charge in [0.15, 0.2) is 0 Å². The van der Waals surface area contributed by atoms with E-state index in [-0.39, 0.29) is 5.97 Å². The first-order valence-electron chi connectivity index (χ1n) is 6.56. The standard InChI is InChI=1S/C15H24O2/c1-12-10-13(2)14(11-12)8-6-4-5-7-9-15(16)17-3/h11H,4-10H2,1-3H3. The second kappa shape index (κ2) is 7.31. The van der Waals surface area contributed by atoms with Gasteiger partial charge in [0, 0.05) is 6.42 Å². The summed E-state index contributed by atoms with van der Waals surface area (Å²) in [5.74, 6) is -0.0853. The van der Waals surface area contributed by atoms with Gasteiger partial charge in [-0.05, 0) is 45.1 Å². The summed E-state index contributed by atoms with van der Waals surface area (Å²) in [6.45, 7) is 4.44. The second-order valence-electron chi connectivity index (χ2n) is 4.96. The molecule has 0 atom stereocenters. The fraction of sp³-hybridized carbons (Fsp3) is 0.667. The van der Waals surface area contributed by atoms with Gasteiger partial charge in [-0.15, -0.1) is 0 Å². The smallest absolute Gasteiger partial charge is 0.305 e. The average Bonchev–Trinajstić information content (AvgIpc) is 2.62. The van der Waals surface area contributed by atoms with Crippen molar-refractivity contribution >= 4 is 5.97 Å². The van der Waals surface area contributed by atoms with Gasteiger partial charge in [0.05, 0.1) is 7.11 Å². The molecular formula is C15H24O2. The highest BCUT2D eigenvalue weighted by Crippen LogP contribution is 2.28. The lowest BCUT2D eigenvalue weighted by molar-refractivity contribution is -0.140. The molecule has 0 bridgehead atoms. The van der Waals surface area contributed by atoms with Crippen molar-refractivity contribution in [3.05, 3.63) is 22.8 Å². The zero-order valence-electron chi connectivity index (χ0n) is 11.3. The molecule has 1 aliphatic carbocycles. The molecule has 96 valence electrons. The second-order valence-corrected chi connectivity index (χ2v) is 4.96. The number of hydrogen-bond donors (Lipinski definition) is 0. The van der Waals surface area contributed by atoms with Crippen LogP contribution < -0.4 is 0 Å². The summed E-state index contributed by atoms with van der Waals surface area (Å²) < 4.78 is 4.61. The highest BCUT2D eigenvalue weighted by molar-refractivity contribution is 5.68. The molecule has 2 nitrogen and oxygen atoms in total. The van der Waals surface area contributed by atoms with Crippen molar-refractivity contribution in [1.29, 1.82) is 0 Å². The van der Waals surface area contributed by atoms with E-state index < -0.39 is 0 Å². The van der Waals surface area contributed by atoms with Crippen molar-refractivity contribution < 1.29 is 9.53 Å². The third-order valence-corrected chi connectivity index (χ3v) is 3.32. The minimum atomic E-state index is -0.0853. The molecular weight excluding hydrogens is 212 g/mol. The largest absolute Gasteiger partial charge is 0.469 e. The number of carbonyl (C=O) groups excluding carboxylic acids is 1. The Balaban J connectivity index is 2.05. The molecule has 0 radical (unpaired) electrons. The van der Waals surface area contributed by atoms with Crippen LogP contribution in [0.5, 0.6) is 0 Å². The highest BCUT2D eigenvalue weighted by Gasteiger charge is 2.08. The summed E-state index contributed by atoms with van der Waals surface area (Å²) in [5.41, 5.74) is 4.57. The molecule has 17 heavy (non-hydrogen) atoms. The zero-order valence-corrected chi connectivity index (χ0v) is 11.3. The summed E-state index contributed by atoms with van der Waals surface area (Å²) in [4.78, 5) is 10.9. The van der Waals surface area contributed by atoms with E-state index in [1.807, 2.05) is 0 Å². The van der Waals surface area contributed by atoms with Gasteiger partial charge in [0.25, 0.3) is 0 Å². The monoisotopic (exact) mass is 236 g/mol. The molecule has 0 aromatic heterocycles. The molecule has 0 aromatic carbocycles. The van der Waals surface area contributed by atoms with Crippen molar-refractivity contribution in [2.24, 2.45) is 0 Å². The van der Waals surface area contributed by atoms with E-state index in [1.54, 1.807) is 0 Å². The molecule has 0 spiro atoms. The number of methoxy groups -OCH3 is 1. The van der Waals surface area contributed by atoms with Crippen molar-refractivity contribution in [3.63, 3.8) is 0 Å². The Morgan fingerprint density at radius 2 is 1.94 bits per heavy atom. The minimum Gasteiger partial charge on any atom is -0.469 e. The number of hydrogen-bond acceptors (Lipinski definition) is 2. The van der Waals surface area contributed by atoms with Gasteiger partial charge in [-0.2, -0.15) is 0 Å². The summed E-state index contributed by atoms with van der Waals surface area (Å²) in [7, 11) is 1.45. The van der Waals surface area contributed by atoms with Gasteiger partial charge in [-0.25, -0.2) is 0 Å². The van der Waals surface area contributed by atoms with Crippen LogP contribution in [0, 0.1) is 0 Å². The Bertz CT molecular complexity index is 324. The predicted octanol–water partition coefficient (Wildman–Crippen LogP) is 4.17. The lowest BCUT2D eigenvalue weighted by atomic mass is 10.0. The fourth-order valence-electron chi connectivity index (χ4n) is 2.33. The van der Waals surface area contributed by atoms with Gasteiger partial charge in [0.2, 0.25) is 0 Å². The first-order valence-corrected chi connectivity index (χ1v) is 6.56. The molecule has 2 heteroatoms. The number of rotatable bonds is 7. The van der Waals surface area contributed by atoms with Crippen LogP contribution in [-0.2, 0) is 9.53 Å². The summed E-state index contributed by atoms with van der Waals surface area (Å²) in [6.07, 6.45) is 9.79. The third-order valence-electron chi connectivity index (χ3n) is 3.32. The van der Waals surface area contributed by atoms with E-state index in [1.165, 1.54) is 43.1 Å². The molecule has 1 aliphatic rings. The molecule has 0 saturated heterocycles. The Kier molecular flexibility index (Phi) is 6.03. The van der Waals surface area contributed by atoms with Gasteiger partial charge < -0.3 is 4.74 Å². The Labute approximate surface area is 105 Å². The van der Waals surface area contributed by atoms with Gasteiger partial charge in [-0.3, -0.25) is 4.79 Å². The number of ether oxygens (including phenoxy) is 1. The first kappa shape index (κ1) is 14.0. The van der Waals surface area contributed by atoms with E-state index in [0.717, 1.165) is 19.3 Å². The van der Waals surface area contributed by atoms with Crippen LogP contribution in [0.2, 0.25) is 0 Å². The molecule has 0 unspecified atom stereocenters. The maximum absolute atomic E-state index is 10.9. The summed E-state index contributed by atoms with van der Waals surface area (Å²) >= 11 is 0. The molecule has 0 aromatic rings. The number of carbonyl (C=O) groups is 1. The van der Waals surface area contributed by atoms with Gasteiger partial charge in [-0.1, -0.05) is 30.1 Å². The molecule has 0 amide bonds. The molecule has 0 fully saturated rings. The number of esters is 1. The van der Waals surface area contributed by atoms with Crippen molar-refractivity contribution in [3.8, 4) is 0 Å². The Morgan fingerprint density at radius 1 is 1.24 bits per heavy atom. The van der Waals surface area contributed by atoms with Gasteiger partial charge >= 0.3 is 5.97 Å². The van der Waals surface area contributed by atoms with Crippen molar-refractivity contribution in [2.45, 2.75) is 58.8 Å². The lowest BCUT2D eigenvalue weighted by Crippen LogP contribution is -1.99. The average molecular weight is 236 g/mol. The first-order chi connectivity index (χ1) is 8.13. The zero-order chi connectivity index (χ0) is 12.7. The van der Waals surface area contributed by atoms with Crippen LogP contribution in [0.4, 0.5) is 0 Å². The third kappa shape index (κ3) is 5.20. The highest BCUT2D eigenvalue weighted by atomic mass is 16.5. The van der Waals surface area contributed by atoms with Crippen molar-refractivity contribution in [2.75, 3.05) is 7.11 Å². The van der Waals surface area contributed by atoms with Crippen LogP contribution in [0.15, 0.2) is 22.8 Å². The predicted molar refractivity (Wildman–Crippen MR) is 70.8 cm³/mol. The Hall–Kier alpha value is -1.05. The van der Waals surface area contributed by atoms with E-state index in [0.29, 0.717) is 6.42 Å². The maximum atomic E-state index is 10.9. The summed E-state index contributed by atoms with van der Waals surface area (Å²) in [6, 6.07) is 0. The van der Waals surface area contributed by atoms with E-state index in [4.69, 9.17) is 0 Å². The molecule has 0 heterocycles. The van der Waals surface area contributed by atoms with Crippen LogP contribution in [0.25, 0.3) is 0 Å². The van der Waals surface area contributed by atoms with Crippen molar-refractivity contribution in [1.82, 2.24) is 0 Å². The van der Waals surface area contributed by atoms with E-state index in [2.05, 4.69) is 24.7 Å². The number of allylic oxidation sites excluding steroid dienone is 4. The lowest BCUT2D eigenvalue weighted by Gasteiger charge is -2.03. The molecule has 0 saturated carbocycles. The maximum Gasteiger partial charge on any atom is 0.305 e. The Morgan fingerprint density at radius 3 is 2.53 bits per heavy atom. The molecule has 0 aliphatic heterocycles. The van der Waals surface area contributed by atoms with Crippen LogP contribution in [0.1, 0.15) is 58.8 Å². The van der Waals surface area contributed by atoms with E-state index >= 15 is 0 Å². The number of unbranched alkanes of at least 4 members (excludes halogenated alkanes) is 3. The van der Waals surface area contributed by atoms with Crippen LogP contribution >= 0.6 is 0 Å². The topological polar surface area (TPSA) is 26.3 Å². The fourth-order valence-corrected chi connectivity index (χ4v) is 2.33. The van der Waals surface area contributed by atoms with Crippen LogP contribution in [-0.4, -0.2) is 13.1 Å². The molecule has 0 N–H and O–H groups in total. The molecule has 1 rings (SSSR count). The minimum absolute atomic E-state index is 0.0853. The SMILES string of the molecule is COC(=O)CCCCCCC1=C(C)CC(C)=C1.